The molecule has 0 spiro atoms. The highest BCUT2D eigenvalue weighted by Gasteiger charge is 2.35. The van der Waals surface area contributed by atoms with E-state index in [1.807, 2.05) is 36.7 Å². The molecule has 0 aliphatic carbocycles. The first-order valence-corrected chi connectivity index (χ1v) is 14.3. The van der Waals surface area contributed by atoms with Gasteiger partial charge in [0.1, 0.15) is 23.0 Å². The number of fused-ring (bicyclic) bond motifs is 8. The summed E-state index contributed by atoms with van der Waals surface area (Å²) in [7, 11) is 0. The Labute approximate surface area is 242 Å². The van der Waals surface area contributed by atoms with Gasteiger partial charge in [-0.25, -0.2) is 9.97 Å². The highest BCUT2D eigenvalue weighted by atomic mass is 16.5. The SMILES string of the molecule is CC1(C)c2cccnc2-n2c3cc(Oc4cccc(-n5c6ccccc6c6cccnc65)c4)ccc3c3cccc1c32. The molecule has 0 saturated carbocycles. The summed E-state index contributed by atoms with van der Waals surface area (Å²) in [6.07, 6.45) is 3.73. The van der Waals surface area contributed by atoms with Crippen molar-refractivity contribution in [3.05, 3.63) is 133 Å². The van der Waals surface area contributed by atoms with Crippen LogP contribution in [-0.4, -0.2) is 19.1 Å². The fraction of sp³-hybridized carbons (Fsp3) is 0.0811. The monoisotopic (exact) mass is 542 g/mol. The Hall–Kier alpha value is -5.42. The molecule has 0 N–H and O–H groups in total. The third-order valence-corrected chi connectivity index (χ3v) is 8.85. The number of aromatic nitrogens is 4. The molecule has 5 heterocycles. The number of pyridine rings is 2. The van der Waals surface area contributed by atoms with Gasteiger partial charge in [-0.15, -0.1) is 0 Å². The predicted molar refractivity (Wildman–Crippen MR) is 169 cm³/mol. The van der Waals surface area contributed by atoms with Gasteiger partial charge in [0.25, 0.3) is 0 Å². The quantitative estimate of drug-likeness (QED) is 0.224. The van der Waals surface area contributed by atoms with Gasteiger partial charge in [-0.1, -0.05) is 62.4 Å². The molecule has 9 rings (SSSR count). The lowest BCUT2D eigenvalue weighted by Crippen LogP contribution is -2.26. The van der Waals surface area contributed by atoms with E-state index in [0.29, 0.717) is 0 Å². The average Bonchev–Trinajstić information content (AvgIpc) is 3.53. The molecule has 4 aromatic heterocycles. The van der Waals surface area contributed by atoms with Crippen molar-refractivity contribution in [2.75, 3.05) is 0 Å². The smallest absolute Gasteiger partial charge is 0.145 e. The standard InChI is InChI=1S/C37H26N4O/c1-37(2)30-14-6-12-28-27-18-17-25(22-33(27)41(34(28)30)36-31(37)15-8-20-39-36)42-24-10-5-9-23(21-24)40-32-16-4-3-11-26(32)29-13-7-19-38-35(29)40/h3-22H,1-2H3. The topological polar surface area (TPSA) is 44.9 Å². The molecule has 8 aromatic rings. The average molecular weight is 543 g/mol. The van der Waals surface area contributed by atoms with E-state index in [-0.39, 0.29) is 5.41 Å². The molecule has 0 radical (unpaired) electrons. The molecule has 0 fully saturated rings. The summed E-state index contributed by atoms with van der Waals surface area (Å²) in [4.78, 5) is 9.62. The minimum Gasteiger partial charge on any atom is -0.457 e. The molecule has 0 unspecified atom stereocenters. The van der Waals surface area contributed by atoms with Crippen LogP contribution in [0.5, 0.6) is 11.5 Å². The van der Waals surface area contributed by atoms with Crippen LogP contribution in [0.15, 0.2) is 122 Å². The summed E-state index contributed by atoms with van der Waals surface area (Å²) >= 11 is 0. The van der Waals surface area contributed by atoms with Gasteiger partial charge in [0.15, 0.2) is 0 Å². The lowest BCUT2D eigenvalue weighted by molar-refractivity contribution is 0.483. The van der Waals surface area contributed by atoms with Crippen LogP contribution in [0.25, 0.3) is 55.2 Å². The van der Waals surface area contributed by atoms with Crippen molar-refractivity contribution in [1.29, 1.82) is 0 Å². The second kappa shape index (κ2) is 8.30. The Balaban J connectivity index is 1.20. The summed E-state index contributed by atoms with van der Waals surface area (Å²) in [6, 6.07) is 38.0. The van der Waals surface area contributed by atoms with Gasteiger partial charge in [-0.05, 0) is 54.1 Å². The van der Waals surface area contributed by atoms with E-state index < -0.39 is 0 Å². The van der Waals surface area contributed by atoms with E-state index in [1.165, 1.54) is 32.8 Å². The Morgan fingerprint density at radius 2 is 1.31 bits per heavy atom. The predicted octanol–water partition coefficient (Wildman–Crippen LogP) is 9.10. The molecule has 200 valence electrons. The zero-order chi connectivity index (χ0) is 28.0. The molecule has 0 bridgehead atoms. The summed E-state index contributed by atoms with van der Waals surface area (Å²) in [5, 5.41) is 4.75. The number of ether oxygens (including phenoxy) is 1. The van der Waals surface area contributed by atoms with E-state index in [2.05, 4.69) is 108 Å². The first kappa shape index (κ1) is 23.3. The lowest BCUT2D eigenvalue weighted by atomic mass is 9.76. The summed E-state index contributed by atoms with van der Waals surface area (Å²) < 4.78 is 11.1. The van der Waals surface area contributed by atoms with E-state index in [1.54, 1.807) is 0 Å². The molecular weight excluding hydrogens is 516 g/mol. The van der Waals surface area contributed by atoms with Gasteiger partial charge in [-0.2, -0.15) is 0 Å². The number of hydrogen-bond acceptors (Lipinski definition) is 3. The largest absolute Gasteiger partial charge is 0.457 e. The van der Waals surface area contributed by atoms with Gasteiger partial charge in [-0.3, -0.25) is 9.13 Å². The number of para-hydroxylation sites is 2. The van der Waals surface area contributed by atoms with Crippen molar-refractivity contribution in [3.63, 3.8) is 0 Å². The summed E-state index contributed by atoms with van der Waals surface area (Å²) in [6.45, 7) is 4.58. The molecule has 0 saturated heterocycles. The Morgan fingerprint density at radius 3 is 2.26 bits per heavy atom. The van der Waals surface area contributed by atoms with Crippen LogP contribution in [0, 0.1) is 0 Å². The number of benzene rings is 4. The molecular formula is C37H26N4O. The van der Waals surface area contributed by atoms with Crippen LogP contribution in [0.1, 0.15) is 25.0 Å². The Bertz CT molecular complexity index is 2320. The van der Waals surface area contributed by atoms with Gasteiger partial charge in [0.2, 0.25) is 0 Å². The fourth-order valence-corrected chi connectivity index (χ4v) is 6.92. The van der Waals surface area contributed by atoms with Crippen LogP contribution in [0.2, 0.25) is 0 Å². The third kappa shape index (κ3) is 3.08. The fourth-order valence-electron chi connectivity index (χ4n) is 6.92. The molecule has 4 aromatic carbocycles. The molecule has 5 heteroatoms. The molecule has 0 atom stereocenters. The number of nitrogens with zero attached hydrogens (tertiary/aromatic N) is 4. The van der Waals surface area contributed by atoms with Crippen molar-refractivity contribution in [3.8, 4) is 23.0 Å². The maximum Gasteiger partial charge on any atom is 0.145 e. The second-order valence-corrected chi connectivity index (χ2v) is 11.5. The van der Waals surface area contributed by atoms with Crippen molar-refractivity contribution < 1.29 is 4.74 Å². The van der Waals surface area contributed by atoms with Gasteiger partial charge < -0.3 is 4.74 Å². The maximum absolute atomic E-state index is 6.55. The van der Waals surface area contributed by atoms with Gasteiger partial charge in [0.05, 0.1) is 22.2 Å². The van der Waals surface area contributed by atoms with Crippen molar-refractivity contribution >= 4 is 43.7 Å². The van der Waals surface area contributed by atoms with Crippen LogP contribution in [0.4, 0.5) is 0 Å². The van der Waals surface area contributed by atoms with E-state index in [9.17, 15) is 0 Å². The molecule has 42 heavy (non-hydrogen) atoms. The maximum atomic E-state index is 6.55. The number of hydrogen-bond donors (Lipinski definition) is 0. The summed E-state index contributed by atoms with van der Waals surface area (Å²) in [5.41, 5.74) is 7.76. The minimum atomic E-state index is -0.144. The van der Waals surface area contributed by atoms with Crippen molar-refractivity contribution in [1.82, 2.24) is 19.1 Å². The highest BCUT2D eigenvalue weighted by Crippen LogP contribution is 2.47. The van der Waals surface area contributed by atoms with E-state index in [4.69, 9.17) is 14.7 Å². The normalized spacial score (nSPS) is 13.7. The lowest BCUT2D eigenvalue weighted by Gasteiger charge is -2.33. The first-order chi connectivity index (χ1) is 20.6. The zero-order valence-corrected chi connectivity index (χ0v) is 23.2. The van der Waals surface area contributed by atoms with E-state index >= 15 is 0 Å². The minimum absolute atomic E-state index is 0.144. The van der Waals surface area contributed by atoms with E-state index in [0.717, 1.165) is 45.1 Å². The summed E-state index contributed by atoms with van der Waals surface area (Å²) in [5.74, 6) is 2.53. The van der Waals surface area contributed by atoms with Crippen LogP contribution in [-0.2, 0) is 5.41 Å². The Morgan fingerprint density at radius 1 is 0.571 bits per heavy atom. The second-order valence-electron chi connectivity index (χ2n) is 11.5. The zero-order valence-electron chi connectivity index (χ0n) is 23.2. The van der Waals surface area contributed by atoms with Crippen molar-refractivity contribution in [2.45, 2.75) is 19.3 Å². The molecule has 0 amide bonds. The first-order valence-electron chi connectivity index (χ1n) is 14.3. The molecule has 1 aliphatic heterocycles. The third-order valence-electron chi connectivity index (χ3n) is 8.85. The highest BCUT2D eigenvalue weighted by molar-refractivity contribution is 6.12. The van der Waals surface area contributed by atoms with Gasteiger partial charge in [0, 0.05) is 57.0 Å². The molecule has 1 aliphatic rings. The number of rotatable bonds is 3. The Kier molecular flexibility index (Phi) is 4.61. The van der Waals surface area contributed by atoms with Crippen LogP contribution in [0.3, 0.4) is 0 Å². The molecule has 5 nitrogen and oxygen atoms in total. The van der Waals surface area contributed by atoms with Crippen LogP contribution >= 0.6 is 0 Å². The van der Waals surface area contributed by atoms with Gasteiger partial charge >= 0.3 is 0 Å². The van der Waals surface area contributed by atoms with Crippen LogP contribution < -0.4 is 4.74 Å². The van der Waals surface area contributed by atoms with Crippen molar-refractivity contribution in [2.24, 2.45) is 0 Å².